The highest BCUT2D eigenvalue weighted by molar-refractivity contribution is 6.91. The van der Waals surface area contributed by atoms with Crippen LogP contribution in [0.1, 0.15) is 26.2 Å². The molecule has 4 heteroatoms. The van der Waals surface area contributed by atoms with Gasteiger partial charge in [0, 0.05) is 5.54 Å². The molecule has 1 spiro atoms. The van der Waals surface area contributed by atoms with Crippen LogP contribution < -0.4 is 5.19 Å². The molecule has 2 aliphatic rings. The molecule has 0 aromatic heterocycles. The summed E-state index contributed by atoms with van der Waals surface area (Å²) < 4.78 is 5.48. The van der Waals surface area contributed by atoms with Crippen molar-refractivity contribution in [2.45, 2.75) is 50.4 Å². The van der Waals surface area contributed by atoms with Gasteiger partial charge in [-0.3, -0.25) is 4.79 Å². The predicted octanol–water partition coefficient (Wildman–Crippen LogP) is 2.45. The molecule has 0 amide bonds. The van der Waals surface area contributed by atoms with Crippen LogP contribution in [0, 0.1) is 5.41 Å². The topological polar surface area (TPSA) is 46.5 Å². The summed E-state index contributed by atoms with van der Waals surface area (Å²) in [6.07, 6.45) is 2.35. The average Bonchev–Trinajstić information content (AvgIpc) is 2.94. The van der Waals surface area contributed by atoms with E-state index in [1.807, 2.05) is 13.0 Å². The zero-order valence-corrected chi connectivity index (χ0v) is 14.1. The molecule has 1 aliphatic heterocycles. The molecule has 1 aromatic rings. The Morgan fingerprint density at radius 1 is 1.24 bits per heavy atom. The quantitative estimate of drug-likeness (QED) is 0.674. The van der Waals surface area contributed by atoms with Gasteiger partial charge in [0.1, 0.15) is 5.41 Å². The van der Waals surface area contributed by atoms with Crippen LogP contribution in [0.2, 0.25) is 18.6 Å². The molecule has 0 unspecified atom stereocenters. The number of cyclic esters (lactones) is 1. The highest BCUT2D eigenvalue weighted by atomic mass is 28.3. The average molecular weight is 304 g/mol. The minimum atomic E-state index is -1.92. The first-order chi connectivity index (χ1) is 9.82. The van der Waals surface area contributed by atoms with Crippen LogP contribution in [0.5, 0.6) is 0 Å². The number of ether oxygens (including phenoxy) is 1. The Kier molecular flexibility index (Phi) is 3.30. The van der Waals surface area contributed by atoms with E-state index in [2.05, 4.69) is 37.4 Å². The summed E-state index contributed by atoms with van der Waals surface area (Å²) in [5.41, 5.74) is -1.50. The van der Waals surface area contributed by atoms with E-state index in [1.165, 1.54) is 5.19 Å². The lowest BCUT2D eigenvalue weighted by molar-refractivity contribution is -0.156. The molecule has 1 aliphatic carbocycles. The standard InChI is InChI=1S/C17H24O3Si/c1-16(19)10-7-11-17(16)14(12-20-15(17)18)21(2,3)13-8-5-4-6-9-13/h4-6,8-9,14,19H,7,10-12H2,1-3H3/t14-,16-,17+/m1/s1. The zero-order chi connectivity index (χ0) is 15.3. The molecule has 3 nitrogen and oxygen atoms in total. The molecule has 114 valence electrons. The van der Waals surface area contributed by atoms with Crippen molar-refractivity contribution in [3.05, 3.63) is 30.3 Å². The van der Waals surface area contributed by atoms with Crippen molar-refractivity contribution < 1.29 is 14.6 Å². The first-order valence-corrected chi connectivity index (χ1v) is 10.9. The van der Waals surface area contributed by atoms with E-state index in [1.54, 1.807) is 0 Å². The normalized spacial score (nSPS) is 36.2. The highest BCUT2D eigenvalue weighted by Gasteiger charge is 2.68. The molecule has 1 N–H and O–H groups in total. The molecule has 1 heterocycles. The van der Waals surface area contributed by atoms with Crippen LogP contribution in [0.25, 0.3) is 0 Å². The second-order valence-electron chi connectivity index (χ2n) is 7.34. The number of aliphatic hydroxyl groups is 1. The van der Waals surface area contributed by atoms with Gasteiger partial charge in [-0.2, -0.15) is 0 Å². The summed E-state index contributed by atoms with van der Waals surface area (Å²) in [5, 5.41) is 12.2. The van der Waals surface area contributed by atoms with Gasteiger partial charge in [0.15, 0.2) is 0 Å². The summed E-state index contributed by atoms with van der Waals surface area (Å²) >= 11 is 0. The third-order valence-corrected chi connectivity index (χ3v) is 10.1. The number of hydrogen-bond donors (Lipinski definition) is 1. The zero-order valence-electron chi connectivity index (χ0n) is 13.1. The summed E-state index contributed by atoms with van der Waals surface area (Å²) in [6.45, 7) is 6.88. The molecule has 2 fully saturated rings. The minimum Gasteiger partial charge on any atom is -0.465 e. The smallest absolute Gasteiger partial charge is 0.315 e. The Hall–Kier alpha value is -1.13. The van der Waals surface area contributed by atoms with Crippen molar-refractivity contribution >= 4 is 19.2 Å². The number of carbonyl (C=O) groups is 1. The second kappa shape index (κ2) is 4.68. The van der Waals surface area contributed by atoms with E-state index < -0.39 is 19.1 Å². The molecule has 21 heavy (non-hydrogen) atoms. The lowest BCUT2D eigenvalue weighted by Crippen LogP contribution is -2.57. The number of esters is 1. The van der Waals surface area contributed by atoms with Crippen LogP contribution in [-0.4, -0.2) is 31.4 Å². The fourth-order valence-electron chi connectivity index (χ4n) is 4.54. The molecule has 1 saturated carbocycles. The van der Waals surface area contributed by atoms with Crippen molar-refractivity contribution in [1.82, 2.24) is 0 Å². The van der Waals surface area contributed by atoms with Gasteiger partial charge in [-0.25, -0.2) is 0 Å². The lowest BCUT2D eigenvalue weighted by Gasteiger charge is -2.43. The second-order valence-corrected chi connectivity index (χ2v) is 12.1. The van der Waals surface area contributed by atoms with E-state index in [0.29, 0.717) is 13.0 Å². The fraction of sp³-hybridized carbons (Fsp3) is 0.588. The summed E-state index contributed by atoms with van der Waals surface area (Å²) in [4.78, 5) is 12.5. The molecular formula is C17H24O3Si. The van der Waals surface area contributed by atoms with E-state index in [0.717, 1.165) is 12.8 Å². The van der Waals surface area contributed by atoms with Gasteiger partial charge >= 0.3 is 5.97 Å². The molecule has 0 radical (unpaired) electrons. The lowest BCUT2D eigenvalue weighted by atomic mass is 9.74. The summed E-state index contributed by atoms with van der Waals surface area (Å²) in [5.74, 6) is -0.175. The maximum atomic E-state index is 12.5. The number of benzene rings is 1. The highest BCUT2D eigenvalue weighted by Crippen LogP contribution is 2.60. The van der Waals surface area contributed by atoms with Crippen molar-refractivity contribution in [1.29, 1.82) is 0 Å². The third kappa shape index (κ3) is 1.92. The number of carbonyl (C=O) groups excluding carboxylic acids is 1. The monoisotopic (exact) mass is 304 g/mol. The summed E-state index contributed by atoms with van der Waals surface area (Å²) in [6, 6.07) is 10.5. The van der Waals surface area contributed by atoms with Gasteiger partial charge < -0.3 is 9.84 Å². The van der Waals surface area contributed by atoms with Crippen LogP contribution in [0.3, 0.4) is 0 Å². The minimum absolute atomic E-state index is 0.136. The van der Waals surface area contributed by atoms with Crippen molar-refractivity contribution in [2.75, 3.05) is 6.61 Å². The van der Waals surface area contributed by atoms with Crippen LogP contribution >= 0.6 is 0 Å². The Morgan fingerprint density at radius 2 is 1.90 bits per heavy atom. The molecular weight excluding hydrogens is 280 g/mol. The van der Waals surface area contributed by atoms with Crippen molar-refractivity contribution in [3.63, 3.8) is 0 Å². The first-order valence-electron chi connectivity index (χ1n) is 7.77. The van der Waals surface area contributed by atoms with Crippen molar-refractivity contribution in [2.24, 2.45) is 5.41 Å². The maximum absolute atomic E-state index is 12.5. The Bertz CT molecular complexity index is 552. The Balaban J connectivity index is 2.07. The van der Waals surface area contributed by atoms with Gasteiger partial charge in [0.05, 0.1) is 20.3 Å². The van der Waals surface area contributed by atoms with Crippen LogP contribution in [0.4, 0.5) is 0 Å². The van der Waals surface area contributed by atoms with Crippen LogP contribution in [0.15, 0.2) is 30.3 Å². The summed E-state index contributed by atoms with van der Waals surface area (Å²) in [7, 11) is -1.92. The van der Waals surface area contributed by atoms with Crippen LogP contribution in [-0.2, 0) is 9.53 Å². The van der Waals surface area contributed by atoms with Gasteiger partial charge in [-0.1, -0.05) is 48.6 Å². The van der Waals surface area contributed by atoms with Gasteiger partial charge in [-0.05, 0) is 26.2 Å². The number of hydrogen-bond acceptors (Lipinski definition) is 3. The maximum Gasteiger partial charge on any atom is 0.315 e. The van der Waals surface area contributed by atoms with E-state index >= 15 is 0 Å². The molecule has 3 atom stereocenters. The Morgan fingerprint density at radius 3 is 2.48 bits per heavy atom. The van der Waals surface area contributed by atoms with Gasteiger partial charge in [-0.15, -0.1) is 0 Å². The molecule has 1 saturated heterocycles. The van der Waals surface area contributed by atoms with E-state index in [-0.39, 0.29) is 11.5 Å². The SMILES string of the molecule is C[C@@]1(O)CCC[C@]12C(=O)OC[C@H]2[Si](C)(C)c1ccccc1. The third-order valence-electron chi connectivity index (χ3n) is 5.92. The predicted molar refractivity (Wildman–Crippen MR) is 85.2 cm³/mol. The fourth-order valence-corrected chi connectivity index (χ4v) is 8.30. The first kappa shape index (κ1) is 14.8. The largest absolute Gasteiger partial charge is 0.465 e. The molecule has 0 bridgehead atoms. The van der Waals surface area contributed by atoms with Gasteiger partial charge in [0.25, 0.3) is 0 Å². The van der Waals surface area contributed by atoms with E-state index in [9.17, 15) is 9.90 Å². The number of rotatable bonds is 2. The van der Waals surface area contributed by atoms with Crippen molar-refractivity contribution in [3.8, 4) is 0 Å². The molecule has 1 aromatic carbocycles. The molecule has 3 rings (SSSR count). The Labute approximate surface area is 127 Å². The van der Waals surface area contributed by atoms with Gasteiger partial charge in [0.2, 0.25) is 0 Å². The van der Waals surface area contributed by atoms with E-state index in [4.69, 9.17) is 4.74 Å².